The van der Waals surface area contributed by atoms with E-state index in [9.17, 15) is 4.79 Å². The molecule has 0 atom stereocenters. The summed E-state index contributed by atoms with van der Waals surface area (Å²) in [7, 11) is 0. The lowest BCUT2D eigenvalue weighted by atomic mass is 10.1. The Hall–Kier alpha value is -1.81. The minimum Gasteiger partial charge on any atom is -0.380 e. The minimum atomic E-state index is -0.0352. The van der Waals surface area contributed by atoms with E-state index in [0.29, 0.717) is 0 Å². The molecule has 0 radical (unpaired) electrons. The van der Waals surface area contributed by atoms with Crippen LogP contribution in [0.2, 0.25) is 0 Å². The second-order valence-electron chi connectivity index (χ2n) is 4.34. The van der Waals surface area contributed by atoms with Gasteiger partial charge in [-0.1, -0.05) is 19.1 Å². The number of anilines is 2. The van der Waals surface area contributed by atoms with Crippen molar-refractivity contribution in [1.29, 1.82) is 0 Å². The molecule has 0 aliphatic carbocycles. The molecule has 2 N–H and O–H groups in total. The molecule has 1 heterocycles. The van der Waals surface area contributed by atoms with E-state index >= 15 is 0 Å². The van der Waals surface area contributed by atoms with E-state index < -0.39 is 0 Å². The lowest BCUT2D eigenvalue weighted by Crippen LogP contribution is -2.08. The number of amides is 1. The van der Waals surface area contributed by atoms with Gasteiger partial charge >= 0.3 is 0 Å². The van der Waals surface area contributed by atoms with E-state index in [1.165, 1.54) is 12.5 Å². The van der Waals surface area contributed by atoms with Gasteiger partial charge in [-0.2, -0.15) is 0 Å². The van der Waals surface area contributed by atoms with Crippen LogP contribution < -0.4 is 10.6 Å². The Labute approximate surface area is 117 Å². The molecule has 1 aromatic heterocycles. The van der Waals surface area contributed by atoms with Crippen LogP contribution in [0.25, 0.3) is 0 Å². The van der Waals surface area contributed by atoms with Gasteiger partial charge in [0.1, 0.15) is 0 Å². The van der Waals surface area contributed by atoms with Crippen LogP contribution in [0.1, 0.15) is 24.3 Å². The third-order valence-electron chi connectivity index (χ3n) is 2.87. The molecule has 2 aromatic rings. The molecular formula is C15H18N2OS. The summed E-state index contributed by atoms with van der Waals surface area (Å²) in [5.41, 5.74) is 3.33. The molecular weight excluding hydrogens is 256 g/mol. The monoisotopic (exact) mass is 274 g/mol. The summed E-state index contributed by atoms with van der Waals surface area (Å²) < 4.78 is 0. The Morgan fingerprint density at radius 3 is 2.58 bits per heavy atom. The summed E-state index contributed by atoms with van der Waals surface area (Å²) >= 11 is 1.64. The summed E-state index contributed by atoms with van der Waals surface area (Å²) in [6.45, 7) is 4.39. The van der Waals surface area contributed by atoms with Gasteiger partial charge in [0.2, 0.25) is 5.91 Å². The lowest BCUT2D eigenvalue weighted by molar-refractivity contribution is -0.114. The van der Waals surface area contributed by atoms with Crippen LogP contribution in [0.4, 0.5) is 11.4 Å². The first kappa shape index (κ1) is 13.6. The zero-order valence-corrected chi connectivity index (χ0v) is 12.0. The van der Waals surface area contributed by atoms with Crippen molar-refractivity contribution >= 4 is 28.6 Å². The van der Waals surface area contributed by atoms with E-state index in [1.807, 2.05) is 11.4 Å². The van der Waals surface area contributed by atoms with Crippen LogP contribution in [0.15, 0.2) is 35.7 Å². The molecule has 0 saturated heterocycles. The van der Waals surface area contributed by atoms with E-state index in [-0.39, 0.29) is 5.91 Å². The normalized spacial score (nSPS) is 10.2. The predicted molar refractivity (Wildman–Crippen MR) is 81.8 cm³/mol. The maximum absolute atomic E-state index is 11.1. The molecule has 2 rings (SSSR count). The number of carbonyl (C=O) groups is 1. The number of carbonyl (C=O) groups excluding carboxylic acids is 1. The van der Waals surface area contributed by atoms with Crippen molar-refractivity contribution in [3.8, 4) is 0 Å². The van der Waals surface area contributed by atoms with Gasteiger partial charge in [0.05, 0.1) is 12.2 Å². The third kappa shape index (κ3) is 3.83. The summed E-state index contributed by atoms with van der Waals surface area (Å²) in [6, 6.07) is 10.4. The SMILES string of the molecule is CCc1ccc(NCc2sccc2NC(C)=O)cc1. The molecule has 1 amide bonds. The topological polar surface area (TPSA) is 41.1 Å². The first-order valence-electron chi connectivity index (χ1n) is 6.36. The molecule has 4 heteroatoms. The summed E-state index contributed by atoms with van der Waals surface area (Å²) in [4.78, 5) is 12.2. The highest BCUT2D eigenvalue weighted by atomic mass is 32.1. The van der Waals surface area contributed by atoms with E-state index in [4.69, 9.17) is 0 Å². The van der Waals surface area contributed by atoms with E-state index in [2.05, 4.69) is 41.8 Å². The molecule has 100 valence electrons. The van der Waals surface area contributed by atoms with Crippen LogP contribution in [0, 0.1) is 0 Å². The first-order valence-corrected chi connectivity index (χ1v) is 7.23. The molecule has 0 unspecified atom stereocenters. The number of benzene rings is 1. The predicted octanol–water partition coefficient (Wildman–Crippen LogP) is 3.88. The fourth-order valence-corrected chi connectivity index (χ4v) is 2.59. The van der Waals surface area contributed by atoms with Crippen molar-refractivity contribution in [3.63, 3.8) is 0 Å². The summed E-state index contributed by atoms with van der Waals surface area (Å²) in [5, 5.41) is 8.20. The Kier molecular flexibility index (Phi) is 4.58. The molecule has 0 aliphatic rings. The lowest BCUT2D eigenvalue weighted by Gasteiger charge is -2.08. The summed E-state index contributed by atoms with van der Waals surface area (Å²) in [5.74, 6) is -0.0352. The molecule has 0 bridgehead atoms. The van der Waals surface area contributed by atoms with Crippen LogP contribution in [0.3, 0.4) is 0 Å². The Morgan fingerprint density at radius 1 is 1.21 bits per heavy atom. The highest BCUT2D eigenvalue weighted by Crippen LogP contribution is 2.23. The fraction of sp³-hybridized carbons (Fsp3) is 0.267. The van der Waals surface area contributed by atoms with Crippen molar-refractivity contribution in [2.45, 2.75) is 26.8 Å². The van der Waals surface area contributed by atoms with Gasteiger partial charge in [0.15, 0.2) is 0 Å². The largest absolute Gasteiger partial charge is 0.380 e. The minimum absolute atomic E-state index is 0.0352. The van der Waals surface area contributed by atoms with Gasteiger partial charge in [0.25, 0.3) is 0 Å². The van der Waals surface area contributed by atoms with Crippen LogP contribution in [0.5, 0.6) is 0 Å². The van der Waals surface area contributed by atoms with Crippen molar-refractivity contribution in [1.82, 2.24) is 0 Å². The van der Waals surface area contributed by atoms with Gasteiger partial charge in [-0.3, -0.25) is 4.79 Å². The maximum Gasteiger partial charge on any atom is 0.221 e. The second-order valence-corrected chi connectivity index (χ2v) is 5.34. The number of thiophene rings is 1. The molecule has 0 spiro atoms. The molecule has 3 nitrogen and oxygen atoms in total. The molecule has 19 heavy (non-hydrogen) atoms. The van der Waals surface area contributed by atoms with E-state index in [1.54, 1.807) is 11.3 Å². The summed E-state index contributed by atoms with van der Waals surface area (Å²) in [6.07, 6.45) is 1.05. The van der Waals surface area contributed by atoms with Gasteiger partial charge in [-0.05, 0) is 35.6 Å². The molecule has 0 fully saturated rings. The maximum atomic E-state index is 11.1. The van der Waals surface area contributed by atoms with Gasteiger partial charge in [0, 0.05) is 17.5 Å². The standard InChI is InChI=1S/C15H18N2OS/c1-3-12-4-6-13(7-5-12)16-10-15-14(8-9-19-15)17-11(2)18/h4-9,16H,3,10H2,1-2H3,(H,17,18). The van der Waals surface area contributed by atoms with Crippen LogP contribution in [-0.4, -0.2) is 5.91 Å². The van der Waals surface area contributed by atoms with Crippen molar-refractivity contribution in [3.05, 3.63) is 46.2 Å². The molecule has 0 saturated carbocycles. The van der Waals surface area contributed by atoms with Gasteiger partial charge in [-0.15, -0.1) is 11.3 Å². The molecule has 0 aliphatic heterocycles. The smallest absolute Gasteiger partial charge is 0.221 e. The number of aryl methyl sites for hydroxylation is 1. The Morgan fingerprint density at radius 2 is 1.95 bits per heavy atom. The van der Waals surface area contributed by atoms with E-state index in [0.717, 1.165) is 29.2 Å². The average molecular weight is 274 g/mol. The zero-order valence-electron chi connectivity index (χ0n) is 11.2. The van der Waals surface area contributed by atoms with Gasteiger partial charge in [-0.25, -0.2) is 0 Å². The number of hydrogen-bond donors (Lipinski definition) is 2. The van der Waals surface area contributed by atoms with Gasteiger partial charge < -0.3 is 10.6 Å². The number of rotatable bonds is 5. The second kappa shape index (κ2) is 6.38. The Balaban J connectivity index is 1.98. The first-order chi connectivity index (χ1) is 9.19. The van der Waals surface area contributed by atoms with Crippen molar-refractivity contribution in [2.24, 2.45) is 0 Å². The van der Waals surface area contributed by atoms with Crippen LogP contribution in [-0.2, 0) is 17.8 Å². The quantitative estimate of drug-likeness (QED) is 0.868. The average Bonchev–Trinajstić information content (AvgIpc) is 2.83. The number of nitrogens with one attached hydrogen (secondary N) is 2. The fourth-order valence-electron chi connectivity index (χ4n) is 1.82. The third-order valence-corrected chi connectivity index (χ3v) is 3.79. The Bertz CT molecular complexity index is 546. The zero-order chi connectivity index (χ0) is 13.7. The van der Waals surface area contributed by atoms with Crippen molar-refractivity contribution in [2.75, 3.05) is 10.6 Å². The van der Waals surface area contributed by atoms with Crippen molar-refractivity contribution < 1.29 is 4.79 Å². The molecule has 1 aromatic carbocycles. The highest BCUT2D eigenvalue weighted by Gasteiger charge is 2.05. The van der Waals surface area contributed by atoms with Crippen LogP contribution >= 0.6 is 11.3 Å². The highest BCUT2D eigenvalue weighted by molar-refractivity contribution is 7.10. The number of hydrogen-bond acceptors (Lipinski definition) is 3.